The summed E-state index contributed by atoms with van der Waals surface area (Å²) in [4.78, 5) is 18.3. The van der Waals surface area contributed by atoms with Gasteiger partial charge in [-0.2, -0.15) is 0 Å². The van der Waals surface area contributed by atoms with Crippen LogP contribution in [0.2, 0.25) is 0 Å². The van der Waals surface area contributed by atoms with Crippen molar-refractivity contribution in [2.75, 3.05) is 36.4 Å². The number of amides is 1. The van der Waals surface area contributed by atoms with Gasteiger partial charge in [-0.05, 0) is 55.1 Å². The maximum Gasteiger partial charge on any atom is 0.238 e. The first-order chi connectivity index (χ1) is 12.7. The highest BCUT2D eigenvalue weighted by atomic mass is 32.1. The van der Waals surface area contributed by atoms with Crippen LogP contribution in [-0.2, 0) is 11.3 Å². The van der Waals surface area contributed by atoms with Crippen LogP contribution in [0.3, 0.4) is 0 Å². The smallest absolute Gasteiger partial charge is 0.238 e. The second-order valence-electron chi connectivity index (χ2n) is 6.88. The fourth-order valence-corrected chi connectivity index (χ4v) is 4.14. The van der Waals surface area contributed by atoms with Crippen molar-refractivity contribution in [1.29, 1.82) is 0 Å². The molecule has 2 aromatic rings. The largest absolute Gasteiger partial charge is 0.372 e. The van der Waals surface area contributed by atoms with E-state index in [1.165, 1.54) is 36.2 Å². The molecule has 0 atom stereocenters. The van der Waals surface area contributed by atoms with Crippen molar-refractivity contribution in [3.8, 4) is 0 Å². The van der Waals surface area contributed by atoms with Crippen molar-refractivity contribution < 1.29 is 4.79 Å². The number of carbonyl (C=O) groups excluding carboxylic acids is 1. The molecule has 1 saturated heterocycles. The quantitative estimate of drug-likeness (QED) is 0.773. The minimum atomic E-state index is 0.0472. The average Bonchev–Trinajstić information content (AvgIpc) is 3.01. The molecule has 1 fully saturated rings. The fraction of sp³-hybridized carbons (Fsp3) is 0.476. The standard InChI is InChI=1S/C21H29N3OS/c1-2-23(16-20-8-7-15-26-20)17-21(25)22-18-9-11-19(12-10-18)24-13-5-3-4-6-14-24/h7-12,15H,2-6,13-14,16-17H2,1H3,(H,22,25). The topological polar surface area (TPSA) is 35.6 Å². The van der Waals surface area contributed by atoms with Crippen molar-refractivity contribution in [2.24, 2.45) is 0 Å². The molecule has 5 heteroatoms. The van der Waals surface area contributed by atoms with Crippen molar-refractivity contribution in [3.63, 3.8) is 0 Å². The summed E-state index contributed by atoms with van der Waals surface area (Å²) >= 11 is 1.74. The van der Waals surface area contributed by atoms with Crippen molar-refractivity contribution in [2.45, 2.75) is 39.2 Å². The predicted octanol–water partition coefficient (Wildman–Crippen LogP) is 4.59. The van der Waals surface area contributed by atoms with Crippen molar-refractivity contribution >= 4 is 28.6 Å². The second-order valence-corrected chi connectivity index (χ2v) is 7.91. The Kier molecular flexibility index (Phi) is 7.09. The molecular formula is C21H29N3OS. The number of benzene rings is 1. The van der Waals surface area contributed by atoms with Crippen molar-refractivity contribution in [3.05, 3.63) is 46.7 Å². The van der Waals surface area contributed by atoms with Gasteiger partial charge in [0.2, 0.25) is 5.91 Å². The first-order valence-corrected chi connectivity index (χ1v) is 10.5. The first kappa shape index (κ1) is 18.9. The Morgan fingerprint density at radius 3 is 2.46 bits per heavy atom. The zero-order valence-corrected chi connectivity index (χ0v) is 16.4. The number of likely N-dealkylation sites (N-methyl/N-ethyl adjacent to an activating group) is 1. The van der Waals surface area contributed by atoms with Crippen molar-refractivity contribution in [1.82, 2.24) is 4.90 Å². The zero-order chi connectivity index (χ0) is 18.2. The molecule has 0 aliphatic carbocycles. The van der Waals surface area contributed by atoms with Crippen LogP contribution in [0, 0.1) is 0 Å². The molecule has 0 unspecified atom stereocenters. The molecule has 0 radical (unpaired) electrons. The number of rotatable bonds is 7. The van der Waals surface area contributed by atoms with Gasteiger partial charge in [0.1, 0.15) is 0 Å². The Labute approximate surface area is 160 Å². The molecule has 1 aromatic carbocycles. The lowest BCUT2D eigenvalue weighted by atomic mass is 10.2. The van der Waals surface area contributed by atoms with E-state index in [0.29, 0.717) is 6.54 Å². The lowest BCUT2D eigenvalue weighted by Gasteiger charge is -2.23. The Hall–Kier alpha value is -1.85. The Balaban J connectivity index is 1.51. The number of carbonyl (C=O) groups is 1. The molecule has 2 heterocycles. The van der Waals surface area contributed by atoms with Crippen LogP contribution < -0.4 is 10.2 Å². The highest BCUT2D eigenvalue weighted by Crippen LogP contribution is 2.21. The van der Waals surface area contributed by atoms with Crippen LogP contribution in [0.15, 0.2) is 41.8 Å². The third kappa shape index (κ3) is 5.58. The molecule has 0 spiro atoms. The maximum absolute atomic E-state index is 12.4. The predicted molar refractivity (Wildman–Crippen MR) is 111 cm³/mol. The highest BCUT2D eigenvalue weighted by Gasteiger charge is 2.12. The van der Waals surface area contributed by atoms with Gasteiger partial charge in [-0.1, -0.05) is 25.8 Å². The maximum atomic E-state index is 12.4. The van der Waals surface area contributed by atoms with Gasteiger partial charge >= 0.3 is 0 Å². The van der Waals surface area contributed by atoms with Crippen LogP contribution in [-0.4, -0.2) is 37.0 Å². The number of nitrogens with zero attached hydrogens (tertiary/aromatic N) is 2. The molecule has 0 bridgehead atoms. The van der Waals surface area contributed by atoms with Gasteiger partial charge in [0, 0.05) is 35.9 Å². The number of anilines is 2. The van der Waals surface area contributed by atoms with E-state index in [-0.39, 0.29) is 5.91 Å². The van der Waals surface area contributed by atoms with Gasteiger partial charge in [0.15, 0.2) is 0 Å². The van der Waals surface area contributed by atoms with Crippen LogP contribution in [0.4, 0.5) is 11.4 Å². The molecule has 4 nitrogen and oxygen atoms in total. The summed E-state index contributed by atoms with van der Waals surface area (Å²) in [7, 11) is 0. The molecule has 1 N–H and O–H groups in total. The Morgan fingerprint density at radius 2 is 1.85 bits per heavy atom. The number of hydrogen-bond acceptors (Lipinski definition) is 4. The summed E-state index contributed by atoms with van der Waals surface area (Å²) in [5.41, 5.74) is 2.14. The summed E-state index contributed by atoms with van der Waals surface area (Å²) in [6.07, 6.45) is 5.22. The summed E-state index contributed by atoms with van der Waals surface area (Å²) < 4.78 is 0. The fourth-order valence-electron chi connectivity index (χ4n) is 3.39. The highest BCUT2D eigenvalue weighted by molar-refractivity contribution is 7.09. The van der Waals surface area contributed by atoms with E-state index >= 15 is 0 Å². The zero-order valence-electron chi connectivity index (χ0n) is 15.6. The monoisotopic (exact) mass is 371 g/mol. The van der Waals surface area contributed by atoms with E-state index in [4.69, 9.17) is 0 Å². The second kappa shape index (κ2) is 9.74. The third-order valence-electron chi connectivity index (χ3n) is 4.90. The molecule has 0 saturated carbocycles. The van der Waals surface area contributed by atoms with Gasteiger partial charge in [0.25, 0.3) is 0 Å². The van der Waals surface area contributed by atoms with Gasteiger partial charge in [0.05, 0.1) is 6.54 Å². The molecule has 1 aliphatic rings. The summed E-state index contributed by atoms with van der Waals surface area (Å²) in [5, 5.41) is 5.11. The molecule has 3 rings (SSSR count). The third-order valence-corrected chi connectivity index (χ3v) is 5.76. The van der Waals surface area contributed by atoms with E-state index in [1.807, 2.05) is 12.1 Å². The molecule has 1 amide bonds. The van der Waals surface area contributed by atoms with Crippen LogP contribution in [0.5, 0.6) is 0 Å². The van der Waals surface area contributed by atoms with Gasteiger partial charge in [-0.25, -0.2) is 0 Å². The van der Waals surface area contributed by atoms with Gasteiger partial charge in [-0.3, -0.25) is 9.69 Å². The Bertz CT molecular complexity index is 661. The molecular weight excluding hydrogens is 342 g/mol. The molecule has 140 valence electrons. The normalized spacial score (nSPS) is 15.1. The molecule has 1 aromatic heterocycles. The number of thiophene rings is 1. The number of nitrogens with one attached hydrogen (secondary N) is 1. The van der Waals surface area contributed by atoms with E-state index in [9.17, 15) is 4.79 Å². The lowest BCUT2D eigenvalue weighted by molar-refractivity contribution is -0.117. The first-order valence-electron chi connectivity index (χ1n) is 9.64. The van der Waals surface area contributed by atoms with E-state index in [0.717, 1.165) is 31.9 Å². The minimum absolute atomic E-state index is 0.0472. The van der Waals surface area contributed by atoms with Crippen LogP contribution in [0.1, 0.15) is 37.5 Å². The Morgan fingerprint density at radius 1 is 1.12 bits per heavy atom. The minimum Gasteiger partial charge on any atom is -0.372 e. The summed E-state index contributed by atoms with van der Waals surface area (Å²) in [5.74, 6) is 0.0472. The average molecular weight is 372 g/mol. The SMILES string of the molecule is CCN(CC(=O)Nc1ccc(N2CCCCCC2)cc1)Cc1cccs1. The number of hydrogen-bond donors (Lipinski definition) is 1. The van der Waals surface area contributed by atoms with Gasteiger partial charge in [-0.15, -0.1) is 11.3 Å². The van der Waals surface area contributed by atoms with E-state index < -0.39 is 0 Å². The van der Waals surface area contributed by atoms with E-state index in [1.54, 1.807) is 11.3 Å². The summed E-state index contributed by atoms with van der Waals surface area (Å²) in [6, 6.07) is 12.5. The van der Waals surface area contributed by atoms with E-state index in [2.05, 4.69) is 51.7 Å². The molecule has 1 aliphatic heterocycles. The summed E-state index contributed by atoms with van der Waals surface area (Å²) in [6.45, 7) is 6.48. The van der Waals surface area contributed by atoms with Crippen LogP contribution in [0.25, 0.3) is 0 Å². The lowest BCUT2D eigenvalue weighted by Crippen LogP contribution is -2.32. The molecule has 26 heavy (non-hydrogen) atoms. The van der Waals surface area contributed by atoms with Gasteiger partial charge < -0.3 is 10.2 Å². The van der Waals surface area contributed by atoms with Crippen LogP contribution >= 0.6 is 11.3 Å².